The van der Waals surface area contributed by atoms with E-state index >= 15 is 0 Å². The summed E-state index contributed by atoms with van der Waals surface area (Å²) < 4.78 is 5.59. The van der Waals surface area contributed by atoms with E-state index in [1.54, 1.807) is 0 Å². The monoisotopic (exact) mass is 260 g/mol. The van der Waals surface area contributed by atoms with Crippen LogP contribution in [0.3, 0.4) is 0 Å². The van der Waals surface area contributed by atoms with Crippen LogP contribution in [-0.2, 0) is 9.59 Å². The molecule has 2 unspecified atom stereocenters. The third-order valence-electron chi connectivity index (χ3n) is 3.79. The topological polar surface area (TPSA) is 58.6 Å². The highest BCUT2D eigenvalue weighted by Gasteiger charge is 2.36. The van der Waals surface area contributed by atoms with Gasteiger partial charge < -0.3 is 10.1 Å². The number of ether oxygens (including phenoxy) is 1. The highest BCUT2D eigenvalue weighted by Crippen LogP contribution is 2.33. The summed E-state index contributed by atoms with van der Waals surface area (Å²) in [6.07, 6.45) is 0.255. The Morgan fingerprint density at radius 1 is 1.37 bits per heavy atom. The van der Waals surface area contributed by atoms with E-state index in [-0.39, 0.29) is 30.2 Å². The largest absolute Gasteiger partial charge is 0.493 e. The first-order chi connectivity index (χ1) is 9.16. The average Bonchev–Trinajstić information content (AvgIpc) is 2.94. The summed E-state index contributed by atoms with van der Waals surface area (Å²) in [6.45, 7) is 1.27. The number of likely N-dealkylation sites (tertiary alicyclic amines) is 1. The molecule has 5 nitrogen and oxygen atoms in total. The summed E-state index contributed by atoms with van der Waals surface area (Å²) >= 11 is 0. The van der Waals surface area contributed by atoms with Gasteiger partial charge in [-0.25, -0.2) is 0 Å². The predicted octanol–water partition coefficient (Wildman–Crippen LogP) is 0.509. The van der Waals surface area contributed by atoms with Crippen LogP contribution in [0.25, 0.3) is 0 Å². The number of carbonyl (C=O) groups excluding carboxylic acids is 2. The van der Waals surface area contributed by atoms with Crippen molar-refractivity contribution in [1.29, 1.82) is 0 Å². The molecule has 1 saturated heterocycles. The molecule has 1 aromatic carbocycles. The van der Waals surface area contributed by atoms with Crippen LogP contribution in [0.5, 0.6) is 5.75 Å². The Labute approximate surface area is 111 Å². The van der Waals surface area contributed by atoms with Crippen LogP contribution in [0.1, 0.15) is 17.9 Å². The third-order valence-corrected chi connectivity index (χ3v) is 3.79. The number of amides is 2. The Bertz CT molecular complexity index is 529. The first-order valence-corrected chi connectivity index (χ1v) is 6.42. The number of nitrogens with one attached hydrogen (secondary N) is 1. The Balaban J connectivity index is 1.63. The zero-order chi connectivity index (χ0) is 13.4. The van der Waals surface area contributed by atoms with Gasteiger partial charge in [0.05, 0.1) is 19.1 Å². The molecule has 1 fully saturated rings. The second-order valence-corrected chi connectivity index (χ2v) is 5.00. The van der Waals surface area contributed by atoms with Crippen molar-refractivity contribution in [3.63, 3.8) is 0 Å². The Hall–Kier alpha value is -1.88. The summed E-state index contributed by atoms with van der Waals surface area (Å²) in [7, 11) is 1.53. The van der Waals surface area contributed by atoms with Crippen molar-refractivity contribution in [3.05, 3.63) is 29.8 Å². The number of benzene rings is 1. The number of hydrogen-bond donors (Lipinski definition) is 1. The van der Waals surface area contributed by atoms with Crippen molar-refractivity contribution < 1.29 is 14.3 Å². The molecule has 2 aliphatic heterocycles. The molecule has 0 saturated carbocycles. The molecular weight excluding hydrogens is 244 g/mol. The molecule has 2 heterocycles. The van der Waals surface area contributed by atoms with Gasteiger partial charge in [-0.2, -0.15) is 0 Å². The van der Waals surface area contributed by atoms with E-state index in [0.717, 1.165) is 5.75 Å². The summed E-state index contributed by atoms with van der Waals surface area (Å²) in [4.78, 5) is 24.4. The Morgan fingerprint density at radius 3 is 2.89 bits per heavy atom. The maximum Gasteiger partial charge on any atom is 0.246 e. The SMILES string of the molecule is CN1C(=O)CC(NCC2COc3ccccc32)C1=O. The highest BCUT2D eigenvalue weighted by atomic mass is 16.5. The lowest BCUT2D eigenvalue weighted by atomic mass is 10.0. The van der Waals surface area contributed by atoms with E-state index < -0.39 is 0 Å². The van der Waals surface area contributed by atoms with Gasteiger partial charge in [-0.3, -0.25) is 14.5 Å². The number of likely N-dealkylation sites (N-methyl/N-ethyl adjacent to an activating group) is 1. The molecule has 0 spiro atoms. The number of fused-ring (bicyclic) bond motifs is 1. The normalized spacial score (nSPS) is 25.6. The first kappa shape index (κ1) is 12.2. The van der Waals surface area contributed by atoms with Crippen LogP contribution in [-0.4, -0.2) is 43.0 Å². The zero-order valence-corrected chi connectivity index (χ0v) is 10.8. The van der Waals surface area contributed by atoms with E-state index in [1.165, 1.54) is 17.5 Å². The molecule has 3 rings (SSSR count). The fourth-order valence-corrected chi connectivity index (χ4v) is 2.60. The van der Waals surface area contributed by atoms with Crippen molar-refractivity contribution in [2.45, 2.75) is 18.4 Å². The van der Waals surface area contributed by atoms with Gasteiger partial charge in [-0.05, 0) is 6.07 Å². The van der Waals surface area contributed by atoms with E-state index in [9.17, 15) is 9.59 Å². The fourth-order valence-electron chi connectivity index (χ4n) is 2.60. The molecular formula is C14H16N2O3. The second kappa shape index (κ2) is 4.66. The smallest absolute Gasteiger partial charge is 0.246 e. The molecule has 100 valence electrons. The summed E-state index contributed by atoms with van der Waals surface area (Å²) in [5.41, 5.74) is 1.17. The minimum absolute atomic E-state index is 0.120. The van der Waals surface area contributed by atoms with Crippen molar-refractivity contribution >= 4 is 11.8 Å². The number of nitrogens with zero attached hydrogens (tertiary/aromatic N) is 1. The molecule has 2 aliphatic rings. The highest BCUT2D eigenvalue weighted by molar-refractivity contribution is 6.05. The summed E-state index contributed by atoms with van der Waals surface area (Å²) in [5.74, 6) is 0.896. The molecule has 5 heteroatoms. The lowest BCUT2D eigenvalue weighted by Crippen LogP contribution is -2.39. The Kier molecular flexibility index (Phi) is 2.98. The van der Waals surface area contributed by atoms with Crippen LogP contribution in [0.15, 0.2) is 24.3 Å². The zero-order valence-electron chi connectivity index (χ0n) is 10.8. The van der Waals surface area contributed by atoms with Crippen LogP contribution < -0.4 is 10.1 Å². The van der Waals surface area contributed by atoms with Crippen molar-refractivity contribution in [1.82, 2.24) is 10.2 Å². The number of para-hydroxylation sites is 1. The minimum Gasteiger partial charge on any atom is -0.493 e. The van der Waals surface area contributed by atoms with Crippen LogP contribution >= 0.6 is 0 Å². The number of rotatable bonds is 3. The van der Waals surface area contributed by atoms with Crippen molar-refractivity contribution in [2.75, 3.05) is 20.2 Å². The van der Waals surface area contributed by atoms with E-state index in [0.29, 0.717) is 13.2 Å². The van der Waals surface area contributed by atoms with Crippen molar-refractivity contribution in [3.8, 4) is 5.75 Å². The molecule has 0 radical (unpaired) electrons. The van der Waals surface area contributed by atoms with Crippen molar-refractivity contribution in [2.24, 2.45) is 0 Å². The lowest BCUT2D eigenvalue weighted by Gasteiger charge is -2.14. The fraction of sp³-hybridized carbons (Fsp3) is 0.429. The molecule has 1 N–H and O–H groups in total. The standard InChI is InChI=1S/C14H16N2O3/c1-16-13(17)6-11(14(16)18)15-7-9-8-19-12-5-3-2-4-10(9)12/h2-5,9,11,15H,6-8H2,1H3. The van der Waals surface area contributed by atoms with Gasteiger partial charge >= 0.3 is 0 Å². The Morgan fingerprint density at radius 2 is 2.16 bits per heavy atom. The van der Waals surface area contributed by atoms with Gasteiger partial charge in [0.2, 0.25) is 11.8 Å². The van der Waals surface area contributed by atoms with E-state index in [1.807, 2.05) is 24.3 Å². The second-order valence-electron chi connectivity index (χ2n) is 5.00. The maximum absolute atomic E-state index is 11.8. The molecule has 2 amide bonds. The van der Waals surface area contributed by atoms with Gasteiger partial charge in [0, 0.05) is 25.1 Å². The minimum atomic E-state index is -0.384. The number of imide groups is 1. The molecule has 1 aromatic rings. The van der Waals surface area contributed by atoms with Gasteiger partial charge in [0.1, 0.15) is 5.75 Å². The molecule has 0 aliphatic carbocycles. The maximum atomic E-state index is 11.8. The quantitative estimate of drug-likeness (QED) is 0.804. The number of hydrogen-bond acceptors (Lipinski definition) is 4. The molecule has 19 heavy (non-hydrogen) atoms. The van der Waals surface area contributed by atoms with Gasteiger partial charge in [-0.1, -0.05) is 18.2 Å². The molecule has 0 aromatic heterocycles. The predicted molar refractivity (Wildman–Crippen MR) is 68.9 cm³/mol. The summed E-state index contributed by atoms with van der Waals surface area (Å²) in [6, 6.07) is 7.54. The van der Waals surface area contributed by atoms with Gasteiger partial charge in [-0.15, -0.1) is 0 Å². The van der Waals surface area contributed by atoms with Crippen LogP contribution in [0.4, 0.5) is 0 Å². The van der Waals surface area contributed by atoms with Crippen LogP contribution in [0, 0.1) is 0 Å². The van der Waals surface area contributed by atoms with Crippen LogP contribution in [0.2, 0.25) is 0 Å². The lowest BCUT2D eigenvalue weighted by molar-refractivity contribution is -0.137. The third kappa shape index (κ3) is 2.10. The van der Waals surface area contributed by atoms with Gasteiger partial charge in [0.15, 0.2) is 0 Å². The average molecular weight is 260 g/mol. The summed E-state index contributed by atoms with van der Waals surface area (Å²) in [5, 5.41) is 3.18. The molecule has 2 atom stereocenters. The van der Waals surface area contributed by atoms with E-state index in [4.69, 9.17) is 4.74 Å². The van der Waals surface area contributed by atoms with Gasteiger partial charge in [0.25, 0.3) is 0 Å². The number of carbonyl (C=O) groups is 2. The molecule has 0 bridgehead atoms. The van der Waals surface area contributed by atoms with E-state index in [2.05, 4.69) is 5.32 Å². The first-order valence-electron chi connectivity index (χ1n) is 6.42.